The van der Waals surface area contributed by atoms with E-state index in [1.807, 2.05) is 42.5 Å². The van der Waals surface area contributed by atoms with E-state index in [9.17, 15) is 4.79 Å². The Morgan fingerprint density at radius 3 is 2.31 bits per heavy atom. The summed E-state index contributed by atoms with van der Waals surface area (Å²) < 4.78 is 10.6. The van der Waals surface area contributed by atoms with Crippen LogP contribution >= 0.6 is 11.8 Å². The fourth-order valence-corrected chi connectivity index (χ4v) is 4.36. The molecule has 0 aromatic heterocycles. The first-order valence-electron chi connectivity index (χ1n) is 9.47. The number of benzene rings is 2. The highest BCUT2D eigenvalue weighted by atomic mass is 32.2. The van der Waals surface area contributed by atoms with E-state index in [0.29, 0.717) is 4.91 Å². The van der Waals surface area contributed by atoms with E-state index >= 15 is 0 Å². The maximum absolute atomic E-state index is 12.4. The van der Waals surface area contributed by atoms with Crippen molar-refractivity contribution in [1.29, 1.82) is 0 Å². The van der Waals surface area contributed by atoms with Gasteiger partial charge in [0.05, 0.1) is 19.1 Å². The second-order valence-electron chi connectivity index (χ2n) is 6.72. The first-order chi connectivity index (χ1) is 14.2. The molecule has 29 heavy (non-hydrogen) atoms. The number of amides is 1. The molecular weight excluding hydrogens is 386 g/mol. The van der Waals surface area contributed by atoms with Crippen LogP contribution in [0.1, 0.15) is 5.56 Å². The van der Waals surface area contributed by atoms with Crippen molar-refractivity contribution in [2.24, 2.45) is 4.99 Å². The van der Waals surface area contributed by atoms with Gasteiger partial charge in [-0.1, -0.05) is 18.2 Å². The van der Waals surface area contributed by atoms with Gasteiger partial charge in [0.15, 0.2) is 5.17 Å². The molecule has 2 aliphatic heterocycles. The molecule has 1 saturated heterocycles. The fraction of sp³-hybridized carbons (Fsp3) is 0.273. The monoisotopic (exact) mass is 409 g/mol. The molecule has 0 saturated carbocycles. The van der Waals surface area contributed by atoms with E-state index in [-0.39, 0.29) is 5.91 Å². The molecule has 150 valence electrons. The van der Waals surface area contributed by atoms with Gasteiger partial charge < -0.3 is 19.3 Å². The van der Waals surface area contributed by atoms with Crippen molar-refractivity contribution < 1.29 is 14.3 Å². The van der Waals surface area contributed by atoms with Gasteiger partial charge in [0.2, 0.25) is 0 Å². The molecule has 2 aliphatic rings. The molecule has 1 fully saturated rings. The summed E-state index contributed by atoms with van der Waals surface area (Å²) in [7, 11) is 3.30. The number of nitrogens with zero attached hydrogens (tertiary/aromatic N) is 3. The maximum Gasteiger partial charge on any atom is 0.286 e. The number of ether oxygens (including phenoxy) is 2. The van der Waals surface area contributed by atoms with Gasteiger partial charge in [-0.05, 0) is 48.2 Å². The Balaban J connectivity index is 1.40. The Morgan fingerprint density at radius 1 is 0.931 bits per heavy atom. The minimum Gasteiger partial charge on any atom is -0.497 e. The van der Waals surface area contributed by atoms with Crippen LogP contribution in [0.25, 0.3) is 6.08 Å². The normalized spacial score (nSPS) is 18.2. The van der Waals surface area contributed by atoms with Gasteiger partial charge in [-0.15, -0.1) is 0 Å². The van der Waals surface area contributed by atoms with Crippen molar-refractivity contribution in [3.8, 4) is 11.5 Å². The Morgan fingerprint density at radius 2 is 1.62 bits per heavy atom. The molecular formula is C22H23N3O3S. The number of aliphatic imine (C=N–C) groups is 1. The summed E-state index contributed by atoms with van der Waals surface area (Å²) in [6, 6.07) is 15.8. The summed E-state index contributed by atoms with van der Waals surface area (Å²) in [4.78, 5) is 21.8. The number of carbonyl (C=O) groups is 1. The minimum atomic E-state index is -0.187. The number of anilines is 1. The highest BCUT2D eigenvalue weighted by Gasteiger charge is 2.28. The first kappa shape index (κ1) is 19.4. The van der Waals surface area contributed by atoms with Crippen LogP contribution in [0.4, 0.5) is 5.69 Å². The van der Waals surface area contributed by atoms with E-state index in [1.165, 1.54) is 17.4 Å². The summed E-state index contributed by atoms with van der Waals surface area (Å²) in [6.45, 7) is 3.41. The highest BCUT2D eigenvalue weighted by Crippen LogP contribution is 2.33. The van der Waals surface area contributed by atoms with E-state index < -0.39 is 0 Å². The van der Waals surface area contributed by atoms with Gasteiger partial charge in [-0.3, -0.25) is 4.79 Å². The lowest BCUT2D eigenvalue weighted by Crippen LogP contribution is -2.47. The lowest BCUT2D eigenvalue weighted by molar-refractivity contribution is -0.113. The molecule has 0 atom stereocenters. The fourth-order valence-electron chi connectivity index (χ4n) is 3.41. The van der Waals surface area contributed by atoms with Crippen molar-refractivity contribution in [3.05, 3.63) is 59.0 Å². The van der Waals surface area contributed by atoms with Gasteiger partial charge in [-0.25, -0.2) is 0 Å². The third-order valence-corrected chi connectivity index (χ3v) is 6.07. The van der Waals surface area contributed by atoms with E-state index in [1.54, 1.807) is 14.2 Å². The number of rotatable bonds is 4. The zero-order chi connectivity index (χ0) is 20.2. The van der Waals surface area contributed by atoms with Gasteiger partial charge >= 0.3 is 0 Å². The first-order valence-corrected chi connectivity index (χ1v) is 10.3. The zero-order valence-corrected chi connectivity index (χ0v) is 17.3. The number of amidine groups is 1. The SMILES string of the molecule is COc1ccc(N2CCN(C3=NC(=O)/C(=C/c4ccccc4OC)S3)CC2)cc1. The number of carbonyl (C=O) groups excluding carboxylic acids is 1. The number of thioether (sulfide) groups is 1. The van der Waals surface area contributed by atoms with Crippen molar-refractivity contribution >= 4 is 34.6 Å². The van der Waals surface area contributed by atoms with Crippen molar-refractivity contribution in [2.75, 3.05) is 45.3 Å². The lowest BCUT2D eigenvalue weighted by Gasteiger charge is -2.36. The molecule has 1 amide bonds. The van der Waals surface area contributed by atoms with E-state index in [0.717, 1.165) is 48.4 Å². The average Bonchev–Trinajstić information content (AvgIpc) is 3.14. The van der Waals surface area contributed by atoms with E-state index in [2.05, 4.69) is 26.9 Å². The summed E-state index contributed by atoms with van der Waals surface area (Å²) in [5.41, 5.74) is 2.06. The molecule has 0 spiro atoms. The van der Waals surface area contributed by atoms with Crippen LogP contribution < -0.4 is 14.4 Å². The molecule has 0 N–H and O–H groups in total. The predicted octanol–water partition coefficient (Wildman–Crippen LogP) is 3.50. The highest BCUT2D eigenvalue weighted by molar-refractivity contribution is 8.18. The van der Waals surface area contributed by atoms with Crippen LogP contribution in [0.3, 0.4) is 0 Å². The second-order valence-corrected chi connectivity index (χ2v) is 7.73. The molecule has 0 radical (unpaired) electrons. The van der Waals surface area contributed by atoms with Gasteiger partial charge in [0.25, 0.3) is 5.91 Å². The number of methoxy groups -OCH3 is 2. The number of hydrogen-bond donors (Lipinski definition) is 0. The largest absolute Gasteiger partial charge is 0.497 e. The molecule has 7 heteroatoms. The summed E-state index contributed by atoms with van der Waals surface area (Å²) in [5, 5.41) is 0.783. The summed E-state index contributed by atoms with van der Waals surface area (Å²) in [6.07, 6.45) is 1.86. The molecule has 6 nitrogen and oxygen atoms in total. The Labute approximate surface area is 174 Å². The molecule has 0 unspecified atom stereocenters. The van der Waals surface area contributed by atoms with Crippen LogP contribution in [0, 0.1) is 0 Å². The van der Waals surface area contributed by atoms with Crippen LogP contribution in [0.5, 0.6) is 11.5 Å². The lowest BCUT2D eigenvalue weighted by atomic mass is 10.2. The Hall–Kier alpha value is -2.93. The summed E-state index contributed by atoms with van der Waals surface area (Å²) >= 11 is 1.44. The quantitative estimate of drug-likeness (QED) is 0.721. The van der Waals surface area contributed by atoms with Crippen LogP contribution in [-0.2, 0) is 4.79 Å². The van der Waals surface area contributed by atoms with E-state index in [4.69, 9.17) is 9.47 Å². The minimum absolute atomic E-state index is 0.187. The zero-order valence-electron chi connectivity index (χ0n) is 16.5. The topological polar surface area (TPSA) is 54.4 Å². The molecule has 0 aliphatic carbocycles. The third kappa shape index (κ3) is 4.24. The average molecular weight is 410 g/mol. The number of para-hydroxylation sites is 1. The van der Waals surface area contributed by atoms with Crippen molar-refractivity contribution in [2.45, 2.75) is 0 Å². The van der Waals surface area contributed by atoms with Crippen LogP contribution in [0.2, 0.25) is 0 Å². The number of piperazine rings is 1. The summed E-state index contributed by atoms with van der Waals surface area (Å²) in [5.74, 6) is 1.42. The molecule has 2 heterocycles. The maximum atomic E-state index is 12.4. The molecule has 2 aromatic rings. The third-order valence-electron chi connectivity index (χ3n) is 5.02. The smallest absolute Gasteiger partial charge is 0.286 e. The second kappa shape index (κ2) is 8.61. The molecule has 2 aromatic carbocycles. The van der Waals surface area contributed by atoms with Crippen LogP contribution in [0.15, 0.2) is 58.4 Å². The van der Waals surface area contributed by atoms with Gasteiger partial charge in [0.1, 0.15) is 11.5 Å². The van der Waals surface area contributed by atoms with Crippen molar-refractivity contribution in [1.82, 2.24) is 4.90 Å². The number of hydrogen-bond acceptors (Lipinski definition) is 6. The Bertz CT molecular complexity index is 948. The van der Waals surface area contributed by atoms with Crippen LogP contribution in [-0.4, -0.2) is 56.4 Å². The molecule has 4 rings (SSSR count). The standard InChI is InChI=1S/C22H23N3O3S/c1-27-18-9-7-17(8-10-18)24-11-13-25(14-12-24)22-23-21(26)20(29-22)15-16-5-3-4-6-19(16)28-2/h3-10,15H,11-14H2,1-2H3/b20-15-. The Kier molecular flexibility index (Phi) is 5.76. The van der Waals surface area contributed by atoms with Gasteiger partial charge in [0, 0.05) is 37.4 Å². The predicted molar refractivity (Wildman–Crippen MR) is 118 cm³/mol. The van der Waals surface area contributed by atoms with Crippen molar-refractivity contribution in [3.63, 3.8) is 0 Å². The van der Waals surface area contributed by atoms with Gasteiger partial charge in [-0.2, -0.15) is 4.99 Å². The molecule has 0 bridgehead atoms.